The molecule has 0 spiro atoms. The predicted octanol–water partition coefficient (Wildman–Crippen LogP) is 2.51. The molecule has 2 unspecified atom stereocenters. The summed E-state index contributed by atoms with van der Waals surface area (Å²) in [5, 5.41) is 12.8. The van der Waals surface area contributed by atoms with Crippen molar-refractivity contribution in [1.29, 1.82) is 0 Å². The third-order valence-electron chi connectivity index (χ3n) is 3.70. The molecule has 0 amide bonds. The van der Waals surface area contributed by atoms with Gasteiger partial charge in [0.05, 0.1) is 7.11 Å². The monoisotopic (exact) mass is 249 g/mol. The lowest BCUT2D eigenvalue weighted by Crippen LogP contribution is -2.34. The molecule has 3 nitrogen and oxygen atoms in total. The molecule has 0 radical (unpaired) electrons. The van der Waals surface area contributed by atoms with E-state index >= 15 is 0 Å². The molecule has 0 bridgehead atoms. The fourth-order valence-electron chi connectivity index (χ4n) is 2.53. The van der Waals surface area contributed by atoms with E-state index in [1.165, 1.54) is 18.4 Å². The van der Waals surface area contributed by atoms with Crippen molar-refractivity contribution in [1.82, 2.24) is 5.32 Å². The summed E-state index contributed by atoms with van der Waals surface area (Å²) in [6.07, 6.45) is 3.41. The Kier molecular flexibility index (Phi) is 4.61. The van der Waals surface area contributed by atoms with Crippen LogP contribution >= 0.6 is 0 Å². The molecule has 1 saturated carbocycles. The normalized spacial score (nSPS) is 18.4. The van der Waals surface area contributed by atoms with Crippen LogP contribution in [0.25, 0.3) is 0 Å². The Bertz CT molecular complexity index is 377. The Hall–Kier alpha value is -1.06. The van der Waals surface area contributed by atoms with Crippen LogP contribution in [0.15, 0.2) is 24.3 Å². The quantitative estimate of drug-likeness (QED) is 0.780. The number of aliphatic hydroxyl groups excluding tert-OH is 1. The number of ether oxygens (including phenoxy) is 1. The standard InChI is InChI=1S/C15H23NO2/c1-11(13-5-3-4-6-15(13)18-2)16-14(9-10-17)12-7-8-12/h3-6,11-12,14,16-17H,7-10H2,1-2H3. The van der Waals surface area contributed by atoms with Crippen molar-refractivity contribution in [2.45, 2.75) is 38.3 Å². The highest BCUT2D eigenvalue weighted by Crippen LogP contribution is 2.35. The van der Waals surface area contributed by atoms with Crippen LogP contribution in [-0.4, -0.2) is 24.9 Å². The maximum Gasteiger partial charge on any atom is 0.123 e. The summed E-state index contributed by atoms with van der Waals surface area (Å²) in [5.74, 6) is 1.67. The molecule has 2 rings (SSSR count). The second-order valence-corrected chi connectivity index (χ2v) is 5.09. The van der Waals surface area contributed by atoms with E-state index in [4.69, 9.17) is 9.84 Å². The Balaban J connectivity index is 2.03. The van der Waals surface area contributed by atoms with Crippen LogP contribution in [0.1, 0.15) is 37.8 Å². The van der Waals surface area contributed by atoms with Crippen LogP contribution < -0.4 is 10.1 Å². The molecule has 1 aliphatic carbocycles. The van der Waals surface area contributed by atoms with E-state index < -0.39 is 0 Å². The molecule has 0 aromatic heterocycles. The Labute approximate surface area is 109 Å². The summed E-state index contributed by atoms with van der Waals surface area (Å²) in [4.78, 5) is 0. The second kappa shape index (κ2) is 6.21. The maximum atomic E-state index is 9.13. The topological polar surface area (TPSA) is 41.5 Å². The van der Waals surface area contributed by atoms with Crippen molar-refractivity contribution >= 4 is 0 Å². The molecule has 1 aromatic carbocycles. The van der Waals surface area contributed by atoms with Crippen molar-refractivity contribution < 1.29 is 9.84 Å². The van der Waals surface area contributed by atoms with Gasteiger partial charge in [-0.3, -0.25) is 0 Å². The first kappa shape index (κ1) is 13.4. The molecular formula is C15H23NO2. The van der Waals surface area contributed by atoms with Crippen LogP contribution in [0.5, 0.6) is 5.75 Å². The predicted molar refractivity (Wildman–Crippen MR) is 72.8 cm³/mol. The largest absolute Gasteiger partial charge is 0.496 e. The van der Waals surface area contributed by atoms with Gasteiger partial charge in [-0.1, -0.05) is 18.2 Å². The van der Waals surface area contributed by atoms with E-state index in [-0.39, 0.29) is 12.6 Å². The zero-order chi connectivity index (χ0) is 13.0. The summed E-state index contributed by atoms with van der Waals surface area (Å²) < 4.78 is 5.39. The number of hydrogen-bond donors (Lipinski definition) is 2. The zero-order valence-electron chi connectivity index (χ0n) is 11.2. The molecule has 0 saturated heterocycles. The Morgan fingerprint density at radius 3 is 2.72 bits per heavy atom. The number of benzene rings is 1. The number of aliphatic hydroxyl groups is 1. The Morgan fingerprint density at radius 2 is 2.11 bits per heavy atom. The number of rotatable bonds is 7. The summed E-state index contributed by atoms with van der Waals surface area (Å²) in [6.45, 7) is 2.41. The summed E-state index contributed by atoms with van der Waals surface area (Å²) in [6, 6.07) is 8.79. The molecule has 1 aliphatic rings. The molecule has 2 atom stereocenters. The van der Waals surface area contributed by atoms with Gasteiger partial charge in [-0.2, -0.15) is 0 Å². The smallest absolute Gasteiger partial charge is 0.123 e. The number of para-hydroxylation sites is 1. The van der Waals surface area contributed by atoms with Crippen molar-refractivity contribution in [2.24, 2.45) is 5.92 Å². The number of nitrogens with one attached hydrogen (secondary N) is 1. The third-order valence-corrected chi connectivity index (χ3v) is 3.70. The van der Waals surface area contributed by atoms with Gasteiger partial charge in [-0.25, -0.2) is 0 Å². The number of hydrogen-bond acceptors (Lipinski definition) is 3. The van der Waals surface area contributed by atoms with Gasteiger partial charge in [0.25, 0.3) is 0 Å². The molecule has 100 valence electrons. The molecule has 0 heterocycles. The molecule has 2 N–H and O–H groups in total. The van der Waals surface area contributed by atoms with E-state index in [0.29, 0.717) is 6.04 Å². The molecule has 1 aromatic rings. The molecular weight excluding hydrogens is 226 g/mol. The minimum Gasteiger partial charge on any atom is -0.496 e. The first-order valence-corrected chi connectivity index (χ1v) is 6.76. The minimum absolute atomic E-state index is 0.248. The van der Waals surface area contributed by atoms with Gasteiger partial charge >= 0.3 is 0 Å². The van der Waals surface area contributed by atoms with Gasteiger partial charge in [0.1, 0.15) is 5.75 Å². The first-order valence-electron chi connectivity index (χ1n) is 6.76. The van der Waals surface area contributed by atoms with Gasteiger partial charge in [-0.05, 0) is 38.2 Å². The molecule has 1 fully saturated rings. The third kappa shape index (κ3) is 3.24. The van der Waals surface area contributed by atoms with Crippen LogP contribution in [0.4, 0.5) is 0 Å². The Morgan fingerprint density at radius 1 is 1.39 bits per heavy atom. The average molecular weight is 249 g/mol. The van der Waals surface area contributed by atoms with E-state index in [1.807, 2.05) is 18.2 Å². The highest BCUT2D eigenvalue weighted by atomic mass is 16.5. The van der Waals surface area contributed by atoms with Gasteiger partial charge in [0.2, 0.25) is 0 Å². The SMILES string of the molecule is COc1ccccc1C(C)NC(CCO)C1CC1. The fraction of sp³-hybridized carbons (Fsp3) is 0.600. The van der Waals surface area contributed by atoms with Gasteiger partial charge in [0, 0.05) is 24.3 Å². The highest BCUT2D eigenvalue weighted by Gasteiger charge is 2.31. The van der Waals surface area contributed by atoms with Gasteiger partial charge < -0.3 is 15.2 Å². The van der Waals surface area contributed by atoms with Crippen molar-refractivity contribution in [2.75, 3.05) is 13.7 Å². The van der Waals surface area contributed by atoms with Crippen molar-refractivity contribution in [3.05, 3.63) is 29.8 Å². The second-order valence-electron chi connectivity index (χ2n) is 5.09. The van der Waals surface area contributed by atoms with E-state index in [1.54, 1.807) is 7.11 Å². The number of methoxy groups -OCH3 is 1. The lowest BCUT2D eigenvalue weighted by molar-refractivity contribution is 0.249. The highest BCUT2D eigenvalue weighted by molar-refractivity contribution is 5.35. The van der Waals surface area contributed by atoms with Crippen molar-refractivity contribution in [3.63, 3.8) is 0 Å². The van der Waals surface area contributed by atoms with E-state index in [9.17, 15) is 0 Å². The van der Waals surface area contributed by atoms with Gasteiger partial charge in [-0.15, -0.1) is 0 Å². The van der Waals surface area contributed by atoms with E-state index in [0.717, 1.165) is 18.1 Å². The summed E-state index contributed by atoms with van der Waals surface area (Å²) in [7, 11) is 1.71. The zero-order valence-corrected chi connectivity index (χ0v) is 11.2. The van der Waals surface area contributed by atoms with E-state index in [2.05, 4.69) is 18.3 Å². The summed E-state index contributed by atoms with van der Waals surface area (Å²) >= 11 is 0. The van der Waals surface area contributed by atoms with Gasteiger partial charge in [0.15, 0.2) is 0 Å². The van der Waals surface area contributed by atoms with Crippen LogP contribution in [0.2, 0.25) is 0 Å². The maximum absolute atomic E-state index is 9.13. The molecule has 3 heteroatoms. The van der Waals surface area contributed by atoms with Crippen LogP contribution in [-0.2, 0) is 0 Å². The van der Waals surface area contributed by atoms with Crippen LogP contribution in [0.3, 0.4) is 0 Å². The van der Waals surface area contributed by atoms with Crippen molar-refractivity contribution in [3.8, 4) is 5.75 Å². The summed E-state index contributed by atoms with van der Waals surface area (Å²) in [5.41, 5.74) is 1.18. The first-order chi connectivity index (χ1) is 8.76. The molecule has 18 heavy (non-hydrogen) atoms. The average Bonchev–Trinajstić information content (AvgIpc) is 3.22. The lowest BCUT2D eigenvalue weighted by atomic mass is 10.0. The minimum atomic E-state index is 0.248. The molecule has 0 aliphatic heterocycles. The fourth-order valence-corrected chi connectivity index (χ4v) is 2.53. The lowest BCUT2D eigenvalue weighted by Gasteiger charge is -2.24. The van der Waals surface area contributed by atoms with Crippen LogP contribution in [0, 0.1) is 5.92 Å².